The predicted molar refractivity (Wildman–Crippen MR) is 83.1 cm³/mol. The van der Waals surface area contributed by atoms with E-state index in [2.05, 4.69) is 30.1 Å². The smallest absolute Gasteiger partial charge is 0.227 e. The number of β-amino-alcohol motifs (C(OH)–C–C–N with tert-alkyl or cyclic N) is 1. The fourth-order valence-corrected chi connectivity index (χ4v) is 3.00. The van der Waals surface area contributed by atoms with E-state index in [1.165, 1.54) is 5.56 Å². The van der Waals surface area contributed by atoms with Crippen molar-refractivity contribution in [2.45, 2.75) is 32.8 Å². The van der Waals surface area contributed by atoms with Gasteiger partial charge in [0.25, 0.3) is 0 Å². The lowest BCUT2D eigenvalue weighted by Gasteiger charge is -2.34. The molecule has 0 saturated carbocycles. The molecule has 112 valence electrons. The van der Waals surface area contributed by atoms with Gasteiger partial charge in [-0.2, -0.15) is 0 Å². The predicted octanol–water partition coefficient (Wildman–Crippen LogP) is 2.25. The summed E-state index contributed by atoms with van der Waals surface area (Å²) in [6.07, 6.45) is 2.79. The Kier molecular flexibility index (Phi) is 3.72. The zero-order valence-electron chi connectivity index (χ0n) is 12.6. The first-order valence-electron chi connectivity index (χ1n) is 7.57. The van der Waals surface area contributed by atoms with Crippen LogP contribution in [0.2, 0.25) is 0 Å². The first-order valence-corrected chi connectivity index (χ1v) is 7.57. The van der Waals surface area contributed by atoms with E-state index in [9.17, 15) is 9.90 Å². The zero-order chi connectivity index (χ0) is 15.0. The van der Waals surface area contributed by atoms with E-state index in [-0.39, 0.29) is 11.8 Å². The number of aryl methyl sites for hydroxylation is 1. The van der Waals surface area contributed by atoms with Gasteiger partial charge in [0.15, 0.2) is 0 Å². The Balaban J connectivity index is 1.74. The number of carbonyl (C=O) groups excluding carboxylic acids is 1. The summed E-state index contributed by atoms with van der Waals surface area (Å²) in [6, 6.07) is 6.23. The molecular formula is C17H22N2O2. The number of rotatable bonds is 2. The number of fused-ring (bicyclic) bond motifs is 1. The van der Waals surface area contributed by atoms with Gasteiger partial charge in [0.05, 0.1) is 12.5 Å². The van der Waals surface area contributed by atoms with Crippen molar-refractivity contribution in [3.63, 3.8) is 0 Å². The van der Waals surface area contributed by atoms with Crippen LogP contribution in [0.4, 0.5) is 0 Å². The number of hydrogen-bond donors (Lipinski definition) is 2. The van der Waals surface area contributed by atoms with Crippen LogP contribution >= 0.6 is 0 Å². The summed E-state index contributed by atoms with van der Waals surface area (Å²) >= 11 is 0. The van der Waals surface area contributed by atoms with E-state index < -0.39 is 6.10 Å². The van der Waals surface area contributed by atoms with Crippen LogP contribution in [0.5, 0.6) is 0 Å². The highest BCUT2D eigenvalue weighted by Gasteiger charge is 2.27. The molecule has 2 unspecified atom stereocenters. The fraction of sp³-hybridized carbons (Fsp3) is 0.471. The molecule has 0 radical (unpaired) electrons. The molecule has 1 fully saturated rings. The number of carbonyl (C=O) groups is 1. The van der Waals surface area contributed by atoms with E-state index in [4.69, 9.17) is 0 Å². The summed E-state index contributed by atoms with van der Waals surface area (Å²) < 4.78 is 0. The van der Waals surface area contributed by atoms with Crippen LogP contribution in [0.3, 0.4) is 0 Å². The number of aromatic nitrogens is 1. The number of aliphatic hydroxyl groups is 1. The lowest BCUT2D eigenvalue weighted by atomic mass is 9.95. The molecule has 21 heavy (non-hydrogen) atoms. The van der Waals surface area contributed by atoms with Crippen molar-refractivity contribution in [3.05, 3.63) is 35.5 Å². The molecule has 3 rings (SSSR count). The number of likely N-dealkylation sites (tertiary alicyclic amines) is 1. The average Bonchev–Trinajstić information content (AvgIpc) is 2.84. The summed E-state index contributed by atoms with van der Waals surface area (Å²) in [4.78, 5) is 17.5. The minimum Gasteiger partial charge on any atom is -0.391 e. The molecule has 2 N–H and O–H groups in total. The normalized spacial score (nSPS) is 22.7. The maximum atomic E-state index is 12.4. The van der Waals surface area contributed by atoms with Gasteiger partial charge in [0.2, 0.25) is 5.91 Å². The molecule has 1 aromatic carbocycles. The van der Waals surface area contributed by atoms with Crippen molar-refractivity contribution in [2.24, 2.45) is 5.92 Å². The fourth-order valence-electron chi connectivity index (χ4n) is 3.00. The maximum Gasteiger partial charge on any atom is 0.227 e. The number of nitrogens with one attached hydrogen (secondary N) is 1. The second-order valence-corrected chi connectivity index (χ2v) is 6.21. The highest BCUT2D eigenvalue weighted by Crippen LogP contribution is 2.22. The third kappa shape index (κ3) is 2.81. The number of aromatic amines is 1. The second kappa shape index (κ2) is 5.53. The SMILES string of the molecule is Cc1ccc2c(CC(=O)N3CCC(C)C(O)C3)c[nH]c2c1. The molecule has 1 saturated heterocycles. The highest BCUT2D eigenvalue weighted by atomic mass is 16.3. The monoisotopic (exact) mass is 286 g/mol. The molecule has 1 aliphatic rings. The summed E-state index contributed by atoms with van der Waals surface area (Å²) in [5.74, 6) is 0.382. The Morgan fingerprint density at radius 2 is 2.29 bits per heavy atom. The largest absolute Gasteiger partial charge is 0.391 e. The van der Waals surface area contributed by atoms with Gasteiger partial charge in [-0.3, -0.25) is 4.79 Å². The van der Waals surface area contributed by atoms with E-state index in [1.807, 2.05) is 13.1 Å². The molecule has 0 bridgehead atoms. The quantitative estimate of drug-likeness (QED) is 0.889. The van der Waals surface area contributed by atoms with Crippen LogP contribution in [0, 0.1) is 12.8 Å². The lowest BCUT2D eigenvalue weighted by molar-refractivity contribution is -0.134. The Morgan fingerprint density at radius 1 is 1.48 bits per heavy atom. The van der Waals surface area contributed by atoms with E-state index >= 15 is 0 Å². The van der Waals surface area contributed by atoms with Crippen LogP contribution in [0.1, 0.15) is 24.5 Å². The molecule has 1 amide bonds. The Morgan fingerprint density at radius 3 is 3.05 bits per heavy atom. The van der Waals surface area contributed by atoms with Crippen molar-refractivity contribution < 1.29 is 9.90 Å². The Bertz CT molecular complexity index is 662. The van der Waals surface area contributed by atoms with Crippen LogP contribution in [-0.4, -0.2) is 40.1 Å². The van der Waals surface area contributed by atoms with Crippen molar-refractivity contribution >= 4 is 16.8 Å². The van der Waals surface area contributed by atoms with E-state index in [1.54, 1.807) is 4.90 Å². The van der Waals surface area contributed by atoms with Crippen molar-refractivity contribution in [1.82, 2.24) is 9.88 Å². The zero-order valence-corrected chi connectivity index (χ0v) is 12.6. The number of nitrogens with zero attached hydrogens (tertiary/aromatic N) is 1. The molecule has 2 heterocycles. The third-order valence-electron chi connectivity index (χ3n) is 4.54. The van der Waals surface area contributed by atoms with Gasteiger partial charge < -0.3 is 15.0 Å². The topological polar surface area (TPSA) is 56.3 Å². The number of benzene rings is 1. The first-order chi connectivity index (χ1) is 10.0. The van der Waals surface area contributed by atoms with Gasteiger partial charge in [-0.25, -0.2) is 0 Å². The first kappa shape index (κ1) is 14.1. The van der Waals surface area contributed by atoms with Crippen molar-refractivity contribution in [1.29, 1.82) is 0 Å². The Hall–Kier alpha value is -1.81. The second-order valence-electron chi connectivity index (χ2n) is 6.21. The minimum atomic E-state index is -0.395. The number of H-pyrrole nitrogens is 1. The highest BCUT2D eigenvalue weighted by molar-refractivity contribution is 5.89. The van der Waals surface area contributed by atoms with Crippen LogP contribution in [0.25, 0.3) is 10.9 Å². The van der Waals surface area contributed by atoms with Gasteiger partial charge in [0, 0.05) is 30.2 Å². The van der Waals surface area contributed by atoms with E-state index in [0.717, 1.165) is 29.4 Å². The summed E-state index contributed by atoms with van der Waals surface area (Å²) in [7, 11) is 0. The van der Waals surface area contributed by atoms with E-state index in [0.29, 0.717) is 13.0 Å². The summed E-state index contributed by atoms with van der Waals surface area (Å²) in [6.45, 7) is 5.30. The molecule has 1 aromatic heterocycles. The van der Waals surface area contributed by atoms with Gasteiger partial charge >= 0.3 is 0 Å². The standard InChI is InChI=1S/C17H22N2O2/c1-11-3-4-14-13(9-18-15(14)7-11)8-17(21)19-6-5-12(2)16(20)10-19/h3-4,7,9,12,16,18,20H,5-6,8,10H2,1-2H3. The lowest BCUT2D eigenvalue weighted by Crippen LogP contribution is -2.46. The van der Waals surface area contributed by atoms with Crippen LogP contribution < -0.4 is 0 Å². The molecule has 2 atom stereocenters. The van der Waals surface area contributed by atoms with Gasteiger partial charge in [-0.15, -0.1) is 0 Å². The number of aliphatic hydroxyl groups excluding tert-OH is 1. The molecule has 4 nitrogen and oxygen atoms in total. The molecule has 2 aromatic rings. The molecule has 0 aliphatic carbocycles. The van der Waals surface area contributed by atoms with Crippen LogP contribution in [-0.2, 0) is 11.2 Å². The average molecular weight is 286 g/mol. The summed E-state index contributed by atoms with van der Waals surface area (Å²) in [5, 5.41) is 11.0. The van der Waals surface area contributed by atoms with Gasteiger partial charge in [-0.05, 0) is 36.5 Å². The van der Waals surface area contributed by atoms with Crippen LogP contribution in [0.15, 0.2) is 24.4 Å². The third-order valence-corrected chi connectivity index (χ3v) is 4.54. The number of piperidine rings is 1. The molecular weight excluding hydrogens is 264 g/mol. The molecule has 1 aliphatic heterocycles. The van der Waals surface area contributed by atoms with Crippen molar-refractivity contribution in [3.8, 4) is 0 Å². The summed E-state index contributed by atoms with van der Waals surface area (Å²) in [5.41, 5.74) is 3.31. The molecule has 0 spiro atoms. The number of hydrogen-bond acceptors (Lipinski definition) is 2. The minimum absolute atomic E-state index is 0.0995. The van der Waals surface area contributed by atoms with Crippen molar-refractivity contribution in [2.75, 3.05) is 13.1 Å². The molecule has 4 heteroatoms. The number of amides is 1. The van der Waals surface area contributed by atoms with Gasteiger partial charge in [-0.1, -0.05) is 19.1 Å². The maximum absolute atomic E-state index is 12.4. The van der Waals surface area contributed by atoms with Gasteiger partial charge in [0.1, 0.15) is 0 Å². The Labute approximate surface area is 124 Å².